The summed E-state index contributed by atoms with van der Waals surface area (Å²) in [6.07, 6.45) is 1.79. The number of carbonyl (C=O) groups excluding carboxylic acids is 1. The highest BCUT2D eigenvalue weighted by Crippen LogP contribution is 2.07. The van der Waals surface area contributed by atoms with Crippen molar-refractivity contribution in [3.63, 3.8) is 0 Å². The van der Waals surface area contributed by atoms with Crippen molar-refractivity contribution in [2.24, 2.45) is 0 Å². The van der Waals surface area contributed by atoms with Crippen molar-refractivity contribution in [3.05, 3.63) is 12.4 Å². The van der Waals surface area contributed by atoms with Gasteiger partial charge in [-0.15, -0.1) is 0 Å². The molecular formula is C10H16N4O2. The number of nitrogens with zero attached hydrogens (tertiary/aromatic N) is 2. The molecule has 0 atom stereocenters. The first-order valence-corrected chi connectivity index (χ1v) is 5.13. The summed E-state index contributed by atoms with van der Waals surface area (Å²) in [7, 11) is 1.37. The highest BCUT2D eigenvalue weighted by Gasteiger charge is 2.01. The predicted octanol–water partition coefficient (Wildman–Crippen LogP) is 0.883. The van der Waals surface area contributed by atoms with E-state index in [1.807, 2.05) is 6.92 Å². The Bertz CT molecular complexity index is 343. The van der Waals surface area contributed by atoms with Crippen LogP contribution >= 0.6 is 0 Å². The van der Waals surface area contributed by atoms with Gasteiger partial charge in [0.05, 0.1) is 13.5 Å². The van der Waals surface area contributed by atoms with Crippen LogP contribution in [0.15, 0.2) is 12.4 Å². The average molecular weight is 224 g/mol. The molecule has 0 bridgehead atoms. The summed E-state index contributed by atoms with van der Waals surface area (Å²) in [6.45, 7) is 3.29. The number of nitrogens with one attached hydrogen (secondary N) is 2. The molecule has 16 heavy (non-hydrogen) atoms. The van der Waals surface area contributed by atoms with Crippen LogP contribution in [0.2, 0.25) is 0 Å². The summed E-state index contributed by atoms with van der Waals surface area (Å²) in [6, 6.07) is 1.79. The molecule has 0 aromatic carbocycles. The molecule has 0 spiro atoms. The van der Waals surface area contributed by atoms with Crippen molar-refractivity contribution in [2.45, 2.75) is 13.3 Å². The van der Waals surface area contributed by atoms with Crippen LogP contribution in [0.4, 0.5) is 11.6 Å². The molecule has 1 heterocycles. The minimum Gasteiger partial charge on any atom is -0.469 e. The standard InChI is InChI=1S/C10H16N4O2/c1-3-11-8-6-9(14-7-13-8)12-5-4-10(15)16-2/h6-7H,3-5H2,1-2H3,(H2,11,12,13,14). The first-order chi connectivity index (χ1) is 7.76. The van der Waals surface area contributed by atoms with E-state index < -0.39 is 0 Å². The fourth-order valence-electron chi connectivity index (χ4n) is 1.13. The van der Waals surface area contributed by atoms with Crippen LogP contribution in [0, 0.1) is 0 Å². The lowest BCUT2D eigenvalue weighted by Gasteiger charge is -2.06. The summed E-state index contributed by atoms with van der Waals surface area (Å²) >= 11 is 0. The van der Waals surface area contributed by atoms with Gasteiger partial charge in [-0.3, -0.25) is 4.79 Å². The Morgan fingerprint density at radius 1 is 1.38 bits per heavy atom. The number of rotatable bonds is 6. The molecule has 6 heteroatoms. The maximum absolute atomic E-state index is 10.9. The third-order valence-electron chi connectivity index (χ3n) is 1.89. The largest absolute Gasteiger partial charge is 0.469 e. The van der Waals surface area contributed by atoms with Crippen LogP contribution < -0.4 is 10.6 Å². The monoisotopic (exact) mass is 224 g/mol. The number of methoxy groups -OCH3 is 1. The fourth-order valence-corrected chi connectivity index (χ4v) is 1.13. The summed E-state index contributed by atoms with van der Waals surface area (Å²) < 4.78 is 4.53. The van der Waals surface area contributed by atoms with Gasteiger partial charge in [0.1, 0.15) is 18.0 Å². The van der Waals surface area contributed by atoms with E-state index in [0.29, 0.717) is 18.8 Å². The van der Waals surface area contributed by atoms with Gasteiger partial charge >= 0.3 is 5.97 Å². The smallest absolute Gasteiger partial charge is 0.307 e. The van der Waals surface area contributed by atoms with Crippen molar-refractivity contribution >= 4 is 17.6 Å². The van der Waals surface area contributed by atoms with Gasteiger partial charge in [-0.2, -0.15) is 0 Å². The number of carbonyl (C=O) groups is 1. The molecule has 1 aromatic rings. The Kier molecular flexibility index (Phi) is 5.04. The summed E-state index contributed by atoms with van der Waals surface area (Å²) in [5.41, 5.74) is 0. The molecule has 0 aliphatic heterocycles. The van der Waals surface area contributed by atoms with E-state index in [9.17, 15) is 4.79 Å². The highest BCUT2D eigenvalue weighted by atomic mass is 16.5. The maximum Gasteiger partial charge on any atom is 0.307 e. The van der Waals surface area contributed by atoms with Crippen LogP contribution in [-0.4, -0.2) is 36.1 Å². The lowest BCUT2D eigenvalue weighted by molar-refractivity contribution is -0.140. The number of anilines is 2. The lowest BCUT2D eigenvalue weighted by atomic mass is 10.4. The molecule has 6 nitrogen and oxygen atoms in total. The van der Waals surface area contributed by atoms with Gasteiger partial charge in [-0.25, -0.2) is 9.97 Å². The molecule has 1 rings (SSSR count). The zero-order valence-corrected chi connectivity index (χ0v) is 9.49. The van der Waals surface area contributed by atoms with Gasteiger partial charge < -0.3 is 15.4 Å². The molecule has 0 aliphatic rings. The Labute approximate surface area is 94.4 Å². The minimum absolute atomic E-state index is 0.242. The molecule has 2 N–H and O–H groups in total. The average Bonchev–Trinajstić information content (AvgIpc) is 2.30. The topological polar surface area (TPSA) is 76.1 Å². The first kappa shape index (κ1) is 12.2. The SMILES string of the molecule is CCNc1cc(NCCC(=O)OC)ncn1. The van der Waals surface area contributed by atoms with Crippen LogP contribution in [0.3, 0.4) is 0 Å². The number of hydrogen-bond acceptors (Lipinski definition) is 6. The Morgan fingerprint density at radius 2 is 2.06 bits per heavy atom. The highest BCUT2D eigenvalue weighted by molar-refractivity contribution is 5.69. The molecule has 0 amide bonds. The summed E-state index contributed by atoms with van der Waals surface area (Å²) in [5, 5.41) is 6.09. The van der Waals surface area contributed by atoms with E-state index in [0.717, 1.165) is 12.4 Å². The third-order valence-corrected chi connectivity index (χ3v) is 1.89. The van der Waals surface area contributed by atoms with Crippen LogP contribution in [0.5, 0.6) is 0 Å². The zero-order chi connectivity index (χ0) is 11.8. The van der Waals surface area contributed by atoms with Crippen molar-refractivity contribution in [1.29, 1.82) is 0 Å². The lowest BCUT2D eigenvalue weighted by Crippen LogP contribution is -2.11. The van der Waals surface area contributed by atoms with E-state index in [1.54, 1.807) is 6.07 Å². The molecule has 0 fully saturated rings. The van der Waals surface area contributed by atoms with Gasteiger partial charge in [0.25, 0.3) is 0 Å². The number of hydrogen-bond donors (Lipinski definition) is 2. The van der Waals surface area contributed by atoms with Crippen LogP contribution in [0.1, 0.15) is 13.3 Å². The molecule has 88 valence electrons. The van der Waals surface area contributed by atoms with Crippen molar-refractivity contribution < 1.29 is 9.53 Å². The van der Waals surface area contributed by atoms with Gasteiger partial charge in [0.15, 0.2) is 0 Å². The third kappa shape index (κ3) is 4.12. The molecule has 0 unspecified atom stereocenters. The molecule has 0 saturated heterocycles. The van der Waals surface area contributed by atoms with E-state index in [2.05, 4.69) is 25.3 Å². The first-order valence-electron chi connectivity index (χ1n) is 5.13. The maximum atomic E-state index is 10.9. The quantitative estimate of drug-likeness (QED) is 0.699. The summed E-state index contributed by atoms with van der Waals surface area (Å²) in [5.74, 6) is 1.21. The number of ether oxygens (including phenoxy) is 1. The van der Waals surface area contributed by atoms with Gasteiger partial charge in [0, 0.05) is 19.2 Å². The van der Waals surface area contributed by atoms with Gasteiger partial charge in [0.2, 0.25) is 0 Å². The number of esters is 1. The number of aromatic nitrogens is 2. The van der Waals surface area contributed by atoms with Crippen LogP contribution in [-0.2, 0) is 9.53 Å². The second-order valence-corrected chi connectivity index (χ2v) is 3.07. The second kappa shape index (κ2) is 6.60. The molecular weight excluding hydrogens is 208 g/mol. The Morgan fingerprint density at radius 3 is 2.69 bits per heavy atom. The van der Waals surface area contributed by atoms with E-state index in [-0.39, 0.29) is 5.97 Å². The normalized spacial score (nSPS) is 9.62. The van der Waals surface area contributed by atoms with E-state index in [1.165, 1.54) is 13.4 Å². The van der Waals surface area contributed by atoms with E-state index in [4.69, 9.17) is 0 Å². The van der Waals surface area contributed by atoms with Crippen LogP contribution in [0.25, 0.3) is 0 Å². The molecule has 0 saturated carbocycles. The van der Waals surface area contributed by atoms with E-state index >= 15 is 0 Å². The van der Waals surface area contributed by atoms with Crippen molar-refractivity contribution in [1.82, 2.24) is 9.97 Å². The van der Waals surface area contributed by atoms with Crippen molar-refractivity contribution in [3.8, 4) is 0 Å². The summed E-state index contributed by atoms with van der Waals surface area (Å²) in [4.78, 5) is 18.9. The molecule has 0 aliphatic carbocycles. The zero-order valence-electron chi connectivity index (χ0n) is 9.49. The predicted molar refractivity (Wildman–Crippen MR) is 61.3 cm³/mol. The molecule has 1 aromatic heterocycles. The Balaban J connectivity index is 2.41. The fraction of sp³-hybridized carbons (Fsp3) is 0.500. The Hall–Kier alpha value is -1.85. The molecule has 0 radical (unpaired) electrons. The minimum atomic E-state index is -0.242. The second-order valence-electron chi connectivity index (χ2n) is 3.07. The van der Waals surface area contributed by atoms with Gasteiger partial charge in [-0.05, 0) is 6.92 Å². The van der Waals surface area contributed by atoms with Crippen molar-refractivity contribution in [2.75, 3.05) is 30.8 Å². The van der Waals surface area contributed by atoms with Gasteiger partial charge in [-0.1, -0.05) is 0 Å².